The first-order valence-corrected chi connectivity index (χ1v) is 11.1. The van der Waals surface area contributed by atoms with Crippen LogP contribution in [0.2, 0.25) is 0 Å². The molecule has 2 aliphatic rings. The van der Waals surface area contributed by atoms with Gasteiger partial charge in [0.2, 0.25) is 11.8 Å². The number of fused-ring (bicyclic) bond motifs is 1. The van der Waals surface area contributed by atoms with Crippen molar-refractivity contribution in [2.45, 2.75) is 49.3 Å². The van der Waals surface area contributed by atoms with Crippen LogP contribution in [0.25, 0.3) is 0 Å². The molecule has 2 heterocycles. The van der Waals surface area contributed by atoms with E-state index in [0.29, 0.717) is 21.8 Å². The lowest BCUT2D eigenvalue weighted by molar-refractivity contribution is -0.121. The third-order valence-corrected chi connectivity index (χ3v) is 6.57. The van der Waals surface area contributed by atoms with E-state index in [-0.39, 0.29) is 24.8 Å². The van der Waals surface area contributed by atoms with Crippen LogP contribution in [0.1, 0.15) is 53.4 Å². The third-order valence-electron chi connectivity index (χ3n) is 5.38. The molecule has 8 heteroatoms. The van der Waals surface area contributed by atoms with Crippen molar-refractivity contribution in [3.05, 3.63) is 52.7 Å². The zero-order valence-corrected chi connectivity index (χ0v) is 17.9. The molecule has 0 radical (unpaired) electrons. The van der Waals surface area contributed by atoms with Gasteiger partial charge in [-0.2, -0.15) is 5.26 Å². The van der Waals surface area contributed by atoms with Gasteiger partial charge in [-0.1, -0.05) is 11.8 Å². The van der Waals surface area contributed by atoms with E-state index in [1.165, 1.54) is 23.9 Å². The number of thioether (sulfide) groups is 1. The Balaban J connectivity index is 1.54. The average molecular weight is 436 g/mol. The van der Waals surface area contributed by atoms with Crippen LogP contribution >= 0.6 is 11.8 Å². The maximum atomic E-state index is 13.0. The number of hydrogen-bond donors (Lipinski definition) is 0. The van der Waals surface area contributed by atoms with Gasteiger partial charge in [-0.3, -0.25) is 9.59 Å². The molecule has 1 atom stereocenters. The number of aromatic nitrogens is 1. The minimum Gasteiger partial charge on any atom is -0.462 e. The standard InChI is InChI=1S/C23H21N3O4S/c1-2-30-23(29)14-7-9-17(10-8-14)26-20(27)12-19(22(26)28)31-21-16(13-24)11-15-5-3-4-6-18(15)25-21/h7-11,19H,2-6,12H2,1H3. The van der Waals surface area contributed by atoms with Crippen LogP contribution in [-0.2, 0) is 27.2 Å². The maximum Gasteiger partial charge on any atom is 0.338 e. The second-order valence-electron chi connectivity index (χ2n) is 7.41. The fourth-order valence-electron chi connectivity index (χ4n) is 3.85. The Morgan fingerprint density at radius 3 is 2.71 bits per heavy atom. The number of imide groups is 1. The van der Waals surface area contributed by atoms with Gasteiger partial charge in [-0.25, -0.2) is 14.7 Å². The zero-order chi connectivity index (χ0) is 22.0. The second-order valence-corrected chi connectivity index (χ2v) is 8.60. The largest absolute Gasteiger partial charge is 0.462 e. The van der Waals surface area contributed by atoms with Crippen LogP contribution in [0, 0.1) is 11.3 Å². The number of hydrogen-bond acceptors (Lipinski definition) is 7. The van der Waals surface area contributed by atoms with Gasteiger partial charge in [0, 0.05) is 12.1 Å². The molecule has 0 spiro atoms. The van der Waals surface area contributed by atoms with Gasteiger partial charge >= 0.3 is 5.97 Å². The maximum absolute atomic E-state index is 13.0. The minimum absolute atomic E-state index is 0.0345. The Labute approximate surface area is 184 Å². The van der Waals surface area contributed by atoms with Crippen LogP contribution in [0.3, 0.4) is 0 Å². The van der Waals surface area contributed by atoms with Crippen molar-refractivity contribution < 1.29 is 19.1 Å². The van der Waals surface area contributed by atoms with Crippen LogP contribution in [0.4, 0.5) is 5.69 Å². The highest BCUT2D eigenvalue weighted by Crippen LogP contribution is 2.36. The van der Waals surface area contributed by atoms with Gasteiger partial charge in [-0.05, 0) is 68.5 Å². The summed E-state index contributed by atoms with van der Waals surface area (Å²) in [5.41, 5.74) is 3.29. The smallest absolute Gasteiger partial charge is 0.338 e. The number of carbonyl (C=O) groups excluding carboxylic acids is 3. The number of pyridine rings is 1. The summed E-state index contributed by atoms with van der Waals surface area (Å²) in [6, 6.07) is 10.2. The highest BCUT2D eigenvalue weighted by molar-refractivity contribution is 8.00. The summed E-state index contributed by atoms with van der Waals surface area (Å²) in [5, 5.41) is 9.42. The molecule has 1 saturated heterocycles. The molecule has 1 aliphatic carbocycles. The van der Waals surface area contributed by atoms with Crippen molar-refractivity contribution >= 4 is 35.2 Å². The number of anilines is 1. The molecule has 7 nitrogen and oxygen atoms in total. The molecule has 0 saturated carbocycles. The normalized spacial score (nSPS) is 17.9. The molecule has 1 unspecified atom stereocenters. The quantitative estimate of drug-likeness (QED) is 0.524. The minimum atomic E-state index is -0.640. The molecule has 0 bridgehead atoms. The monoisotopic (exact) mass is 435 g/mol. The molecular weight excluding hydrogens is 414 g/mol. The van der Waals surface area contributed by atoms with Gasteiger partial charge < -0.3 is 4.74 Å². The molecule has 31 heavy (non-hydrogen) atoms. The van der Waals surface area contributed by atoms with Gasteiger partial charge in [0.25, 0.3) is 0 Å². The van der Waals surface area contributed by atoms with E-state index in [0.717, 1.165) is 41.8 Å². The van der Waals surface area contributed by atoms with Crippen molar-refractivity contribution in [1.29, 1.82) is 5.26 Å². The van der Waals surface area contributed by atoms with Crippen LogP contribution in [0.5, 0.6) is 0 Å². The van der Waals surface area contributed by atoms with E-state index in [2.05, 4.69) is 11.1 Å². The SMILES string of the molecule is CCOC(=O)c1ccc(N2C(=O)CC(Sc3nc4c(cc3C#N)CCCC4)C2=O)cc1. The highest BCUT2D eigenvalue weighted by Gasteiger charge is 2.41. The second kappa shape index (κ2) is 8.90. The number of nitrogens with zero attached hydrogens (tertiary/aromatic N) is 3. The fraction of sp³-hybridized carbons (Fsp3) is 0.348. The molecule has 4 rings (SSSR count). The summed E-state index contributed by atoms with van der Waals surface area (Å²) in [6.07, 6.45) is 3.97. The number of rotatable bonds is 5. The van der Waals surface area contributed by atoms with Gasteiger partial charge in [-0.15, -0.1) is 0 Å². The Hall–Kier alpha value is -3.18. The van der Waals surface area contributed by atoms with E-state index >= 15 is 0 Å². The lowest BCUT2D eigenvalue weighted by atomic mass is 9.95. The number of amides is 2. The zero-order valence-electron chi connectivity index (χ0n) is 17.1. The van der Waals surface area contributed by atoms with Crippen LogP contribution in [-0.4, -0.2) is 34.6 Å². The number of esters is 1. The first kappa shape index (κ1) is 21.1. The number of benzene rings is 1. The van der Waals surface area contributed by atoms with E-state index in [1.54, 1.807) is 19.1 Å². The van der Waals surface area contributed by atoms with Crippen molar-refractivity contribution in [1.82, 2.24) is 4.98 Å². The Bertz CT molecular complexity index is 1090. The summed E-state index contributed by atoms with van der Waals surface area (Å²) >= 11 is 1.18. The topological polar surface area (TPSA) is 100 Å². The van der Waals surface area contributed by atoms with Crippen LogP contribution in [0.15, 0.2) is 35.4 Å². The summed E-state index contributed by atoms with van der Waals surface area (Å²) < 4.78 is 4.96. The molecule has 1 aromatic heterocycles. The Morgan fingerprint density at radius 2 is 2.00 bits per heavy atom. The van der Waals surface area contributed by atoms with E-state index in [9.17, 15) is 19.6 Å². The molecule has 1 aromatic carbocycles. The van der Waals surface area contributed by atoms with Crippen molar-refractivity contribution in [3.8, 4) is 6.07 Å². The van der Waals surface area contributed by atoms with Crippen LogP contribution < -0.4 is 4.90 Å². The first-order valence-electron chi connectivity index (χ1n) is 10.3. The first-order chi connectivity index (χ1) is 15.0. The van der Waals surface area contributed by atoms with E-state index < -0.39 is 11.2 Å². The van der Waals surface area contributed by atoms with Gasteiger partial charge in [0.05, 0.1) is 28.7 Å². The Kier molecular flexibility index (Phi) is 6.05. The lowest BCUT2D eigenvalue weighted by Gasteiger charge is -2.18. The molecule has 0 N–H and O–H groups in total. The third kappa shape index (κ3) is 4.19. The number of ether oxygens (including phenoxy) is 1. The highest BCUT2D eigenvalue weighted by atomic mass is 32.2. The predicted octanol–water partition coefficient (Wildman–Crippen LogP) is 3.43. The molecular formula is C23H21N3O4S. The number of carbonyl (C=O) groups is 3. The summed E-state index contributed by atoms with van der Waals surface area (Å²) in [4.78, 5) is 43.2. The summed E-state index contributed by atoms with van der Waals surface area (Å²) in [5.74, 6) is -1.12. The van der Waals surface area contributed by atoms with Gasteiger partial charge in [0.15, 0.2) is 0 Å². The molecule has 158 valence electrons. The molecule has 1 aliphatic heterocycles. The lowest BCUT2D eigenvalue weighted by Crippen LogP contribution is -2.31. The predicted molar refractivity (Wildman–Crippen MR) is 115 cm³/mol. The molecule has 1 fully saturated rings. The fourth-order valence-corrected chi connectivity index (χ4v) is 4.94. The van der Waals surface area contributed by atoms with E-state index in [1.807, 2.05) is 6.07 Å². The Morgan fingerprint density at radius 1 is 1.26 bits per heavy atom. The van der Waals surface area contributed by atoms with Crippen molar-refractivity contribution in [3.63, 3.8) is 0 Å². The summed E-state index contributed by atoms with van der Waals surface area (Å²) in [7, 11) is 0. The molecule has 2 aromatic rings. The summed E-state index contributed by atoms with van der Waals surface area (Å²) in [6.45, 7) is 1.99. The van der Waals surface area contributed by atoms with Crippen molar-refractivity contribution in [2.24, 2.45) is 0 Å². The van der Waals surface area contributed by atoms with Crippen molar-refractivity contribution in [2.75, 3.05) is 11.5 Å². The number of aryl methyl sites for hydroxylation is 2. The number of nitriles is 1. The molecule has 2 amide bonds. The van der Waals surface area contributed by atoms with Gasteiger partial charge in [0.1, 0.15) is 11.1 Å². The average Bonchev–Trinajstić information content (AvgIpc) is 3.06. The van der Waals surface area contributed by atoms with E-state index in [4.69, 9.17) is 4.74 Å².